The van der Waals surface area contributed by atoms with Gasteiger partial charge in [0, 0.05) is 12.6 Å². The highest BCUT2D eigenvalue weighted by Crippen LogP contribution is 2.42. The molecule has 0 aliphatic heterocycles. The summed E-state index contributed by atoms with van der Waals surface area (Å²) in [6.07, 6.45) is 4.19. The van der Waals surface area contributed by atoms with Crippen molar-refractivity contribution in [1.29, 1.82) is 0 Å². The van der Waals surface area contributed by atoms with Gasteiger partial charge in [-0.2, -0.15) is 0 Å². The Morgan fingerprint density at radius 1 is 1.13 bits per heavy atom. The van der Waals surface area contributed by atoms with Gasteiger partial charge in [0.1, 0.15) is 5.76 Å². The number of nitrogens with one attached hydrogen (secondary N) is 1. The third-order valence-electron chi connectivity index (χ3n) is 5.20. The topological polar surface area (TPSA) is 95.7 Å². The number of furan rings is 1. The molecule has 8 nitrogen and oxygen atoms in total. The second-order valence-corrected chi connectivity index (χ2v) is 6.97. The number of carbonyl (C=O) groups excluding carboxylic acids is 1. The van der Waals surface area contributed by atoms with Gasteiger partial charge in [-0.15, -0.1) is 0 Å². The molecule has 4 rings (SSSR count). The quantitative estimate of drug-likeness (QED) is 0.632. The first-order chi connectivity index (χ1) is 14.6. The van der Waals surface area contributed by atoms with Crippen LogP contribution in [0, 0.1) is 0 Å². The van der Waals surface area contributed by atoms with Crippen molar-refractivity contribution in [2.45, 2.75) is 25.3 Å². The molecule has 1 N–H and O–H groups in total. The van der Waals surface area contributed by atoms with E-state index >= 15 is 0 Å². The number of ether oxygens (including phenoxy) is 3. The second-order valence-electron chi connectivity index (χ2n) is 6.97. The van der Waals surface area contributed by atoms with Crippen LogP contribution in [0.15, 0.2) is 41.1 Å². The molecule has 8 heteroatoms. The van der Waals surface area contributed by atoms with Gasteiger partial charge in [0.15, 0.2) is 17.3 Å². The molecule has 3 aromatic rings. The van der Waals surface area contributed by atoms with E-state index in [-0.39, 0.29) is 11.7 Å². The molecule has 0 saturated heterocycles. The van der Waals surface area contributed by atoms with Crippen LogP contribution in [-0.2, 0) is 13.0 Å². The summed E-state index contributed by atoms with van der Waals surface area (Å²) in [7, 11) is 4.72. The molecule has 0 bridgehead atoms. The first kappa shape index (κ1) is 19.8. The standard InChI is InChI=1S/C22H23N3O5/c1-27-19-9-14(10-20(28-2)21(19)29-3)13-7-17-16(18(26)8-13)12-24-22(25-17)23-11-15-5-4-6-30-15/h4-6,9-10,12-13H,7-8,11H2,1-3H3,(H,23,24,25). The van der Waals surface area contributed by atoms with Gasteiger partial charge in [-0.05, 0) is 42.2 Å². The molecule has 1 aromatic carbocycles. The van der Waals surface area contributed by atoms with E-state index in [1.54, 1.807) is 33.8 Å². The van der Waals surface area contributed by atoms with E-state index in [9.17, 15) is 4.79 Å². The maximum atomic E-state index is 12.8. The summed E-state index contributed by atoms with van der Waals surface area (Å²) in [5, 5.41) is 3.13. The number of methoxy groups -OCH3 is 3. The Balaban J connectivity index is 1.60. The summed E-state index contributed by atoms with van der Waals surface area (Å²) >= 11 is 0. The predicted molar refractivity (Wildman–Crippen MR) is 110 cm³/mol. The zero-order chi connectivity index (χ0) is 21.1. The number of rotatable bonds is 7. The molecule has 30 heavy (non-hydrogen) atoms. The molecule has 2 aromatic heterocycles. The van der Waals surface area contributed by atoms with E-state index in [2.05, 4.69) is 15.3 Å². The van der Waals surface area contributed by atoms with Gasteiger partial charge in [0.05, 0.1) is 45.4 Å². The van der Waals surface area contributed by atoms with E-state index in [4.69, 9.17) is 18.6 Å². The van der Waals surface area contributed by atoms with Crippen LogP contribution in [0.4, 0.5) is 5.95 Å². The van der Waals surface area contributed by atoms with E-state index < -0.39 is 0 Å². The van der Waals surface area contributed by atoms with Crippen LogP contribution in [0.1, 0.15) is 39.7 Å². The van der Waals surface area contributed by atoms with Crippen molar-refractivity contribution in [3.63, 3.8) is 0 Å². The average Bonchev–Trinajstić information content (AvgIpc) is 3.30. The summed E-state index contributed by atoms with van der Waals surface area (Å²) in [5.41, 5.74) is 2.23. The van der Waals surface area contributed by atoms with Crippen LogP contribution >= 0.6 is 0 Å². The molecular formula is C22H23N3O5. The fraction of sp³-hybridized carbons (Fsp3) is 0.318. The van der Waals surface area contributed by atoms with Gasteiger partial charge < -0.3 is 23.9 Å². The molecule has 2 heterocycles. The highest BCUT2D eigenvalue weighted by atomic mass is 16.5. The number of ketones is 1. The van der Waals surface area contributed by atoms with Crippen LogP contribution in [-0.4, -0.2) is 37.1 Å². The van der Waals surface area contributed by atoms with Crippen molar-refractivity contribution in [2.75, 3.05) is 26.6 Å². The highest BCUT2D eigenvalue weighted by Gasteiger charge is 2.29. The maximum Gasteiger partial charge on any atom is 0.223 e. The number of hydrogen-bond donors (Lipinski definition) is 1. The van der Waals surface area contributed by atoms with Gasteiger partial charge in [0.25, 0.3) is 0 Å². The zero-order valence-corrected chi connectivity index (χ0v) is 17.1. The van der Waals surface area contributed by atoms with E-state index in [1.807, 2.05) is 24.3 Å². The smallest absolute Gasteiger partial charge is 0.223 e. The highest BCUT2D eigenvalue weighted by molar-refractivity contribution is 5.98. The molecule has 156 valence electrons. The molecule has 1 aliphatic rings. The lowest BCUT2D eigenvalue weighted by Gasteiger charge is -2.24. The lowest BCUT2D eigenvalue weighted by atomic mass is 9.82. The van der Waals surface area contributed by atoms with E-state index in [0.29, 0.717) is 48.1 Å². The number of Topliss-reactive ketones (excluding diaryl/α,β-unsaturated/α-hetero) is 1. The fourth-order valence-electron chi connectivity index (χ4n) is 3.68. The Bertz CT molecular complexity index is 1020. The normalized spacial score (nSPS) is 15.4. The van der Waals surface area contributed by atoms with E-state index in [0.717, 1.165) is 17.0 Å². The number of carbonyl (C=O) groups is 1. The molecule has 0 saturated carbocycles. The molecular weight excluding hydrogens is 386 g/mol. The number of benzene rings is 1. The predicted octanol–water partition coefficient (Wildman–Crippen LogP) is 3.62. The second kappa shape index (κ2) is 8.44. The van der Waals surface area contributed by atoms with Crippen molar-refractivity contribution >= 4 is 11.7 Å². The van der Waals surface area contributed by atoms with Crippen LogP contribution < -0.4 is 19.5 Å². The van der Waals surface area contributed by atoms with Crippen molar-refractivity contribution in [3.8, 4) is 17.2 Å². The minimum atomic E-state index is -0.0495. The van der Waals surface area contributed by atoms with Gasteiger partial charge >= 0.3 is 0 Å². The summed E-state index contributed by atoms with van der Waals surface area (Å²) in [6, 6.07) is 7.48. The van der Waals surface area contributed by atoms with Crippen LogP contribution in [0.3, 0.4) is 0 Å². The Labute approximate surface area is 174 Å². The average molecular weight is 409 g/mol. The van der Waals surface area contributed by atoms with Crippen molar-refractivity contribution < 1.29 is 23.4 Å². The van der Waals surface area contributed by atoms with Gasteiger partial charge in [-0.25, -0.2) is 9.97 Å². The molecule has 0 spiro atoms. The molecule has 0 radical (unpaired) electrons. The van der Waals surface area contributed by atoms with Crippen LogP contribution in [0.5, 0.6) is 17.2 Å². The summed E-state index contributed by atoms with van der Waals surface area (Å²) in [6.45, 7) is 0.468. The largest absolute Gasteiger partial charge is 0.493 e. The first-order valence-electron chi connectivity index (χ1n) is 9.58. The summed E-state index contributed by atoms with van der Waals surface area (Å²) in [4.78, 5) is 21.6. The lowest BCUT2D eigenvalue weighted by Crippen LogP contribution is -2.21. The molecule has 0 amide bonds. The lowest BCUT2D eigenvalue weighted by molar-refractivity contribution is 0.0962. The Morgan fingerprint density at radius 2 is 1.90 bits per heavy atom. The first-order valence-corrected chi connectivity index (χ1v) is 9.58. The third kappa shape index (κ3) is 3.80. The summed E-state index contributed by atoms with van der Waals surface area (Å²) < 4.78 is 21.6. The number of hydrogen-bond acceptors (Lipinski definition) is 8. The SMILES string of the molecule is COc1cc(C2CC(=O)c3cnc(NCc4ccco4)nc3C2)cc(OC)c1OC. The summed E-state index contributed by atoms with van der Waals surface area (Å²) in [5.74, 6) is 2.87. The Morgan fingerprint density at radius 3 is 2.53 bits per heavy atom. The zero-order valence-electron chi connectivity index (χ0n) is 17.1. The van der Waals surface area contributed by atoms with Gasteiger partial charge in [-0.1, -0.05) is 0 Å². The fourth-order valence-corrected chi connectivity index (χ4v) is 3.68. The number of aromatic nitrogens is 2. The number of nitrogens with zero attached hydrogens (tertiary/aromatic N) is 2. The van der Waals surface area contributed by atoms with Gasteiger partial charge in [-0.3, -0.25) is 4.79 Å². The number of fused-ring (bicyclic) bond motifs is 1. The molecule has 1 unspecified atom stereocenters. The molecule has 1 aliphatic carbocycles. The van der Waals surface area contributed by atoms with Crippen molar-refractivity contribution in [3.05, 3.63) is 59.3 Å². The van der Waals surface area contributed by atoms with Crippen molar-refractivity contribution in [1.82, 2.24) is 9.97 Å². The minimum absolute atomic E-state index is 0.0209. The van der Waals surface area contributed by atoms with Crippen molar-refractivity contribution in [2.24, 2.45) is 0 Å². The monoisotopic (exact) mass is 409 g/mol. The molecule has 0 fully saturated rings. The van der Waals surface area contributed by atoms with E-state index in [1.165, 1.54) is 0 Å². The Hall–Kier alpha value is -3.55. The van der Waals surface area contributed by atoms with Crippen LogP contribution in [0.25, 0.3) is 0 Å². The maximum absolute atomic E-state index is 12.8. The number of anilines is 1. The molecule has 1 atom stereocenters. The third-order valence-corrected chi connectivity index (χ3v) is 5.20. The Kier molecular flexibility index (Phi) is 5.56. The van der Waals surface area contributed by atoms with Gasteiger partial charge in [0.2, 0.25) is 11.7 Å². The van der Waals surface area contributed by atoms with Crippen LogP contribution in [0.2, 0.25) is 0 Å². The minimum Gasteiger partial charge on any atom is -0.493 e.